The van der Waals surface area contributed by atoms with Crippen molar-refractivity contribution in [3.05, 3.63) is 133 Å². The summed E-state index contributed by atoms with van der Waals surface area (Å²) in [4.78, 5) is 0. The van der Waals surface area contributed by atoms with Crippen molar-refractivity contribution in [3.63, 3.8) is 0 Å². The summed E-state index contributed by atoms with van der Waals surface area (Å²) in [5.74, 6) is 0. The maximum absolute atomic E-state index is 5.99. The zero-order valence-electron chi connectivity index (χ0n) is 20.8. The van der Waals surface area contributed by atoms with Crippen LogP contribution in [-0.2, 0) is 0 Å². The number of hydrogen-bond donors (Lipinski definition) is 2. The van der Waals surface area contributed by atoms with Gasteiger partial charge in [0, 0.05) is 33.5 Å². The van der Waals surface area contributed by atoms with Crippen molar-refractivity contribution in [3.8, 4) is 33.9 Å². The van der Waals surface area contributed by atoms with E-state index in [1.165, 1.54) is 21.8 Å². The third-order valence-corrected chi connectivity index (χ3v) is 7.24. The quantitative estimate of drug-likeness (QED) is 0.245. The minimum absolute atomic E-state index is 0.751. The Labute approximate surface area is 221 Å². The van der Waals surface area contributed by atoms with Crippen LogP contribution in [-0.4, -0.2) is 9.13 Å². The SMILES string of the molecule is Nc1ccc(-c2ccc(-c3ccc(N)cc3)n2-c2ccc(-n3c4ccccc4c4ccccc43)cc2)cc1. The Morgan fingerprint density at radius 2 is 0.763 bits per heavy atom. The molecule has 0 fully saturated rings. The summed E-state index contributed by atoms with van der Waals surface area (Å²) in [7, 11) is 0. The number of anilines is 2. The normalized spacial score (nSPS) is 11.4. The Balaban J connectivity index is 1.40. The van der Waals surface area contributed by atoms with Gasteiger partial charge in [-0.3, -0.25) is 0 Å². The van der Waals surface area contributed by atoms with E-state index < -0.39 is 0 Å². The molecule has 0 atom stereocenters. The van der Waals surface area contributed by atoms with Gasteiger partial charge in [0.15, 0.2) is 0 Å². The lowest BCUT2D eigenvalue weighted by Gasteiger charge is -2.16. The van der Waals surface area contributed by atoms with Gasteiger partial charge < -0.3 is 20.6 Å². The number of rotatable bonds is 4. The molecule has 0 aliphatic carbocycles. The second-order valence-electron chi connectivity index (χ2n) is 9.57. The van der Waals surface area contributed by atoms with Crippen molar-refractivity contribution in [2.75, 3.05) is 11.5 Å². The number of aromatic nitrogens is 2. The van der Waals surface area contributed by atoms with Crippen molar-refractivity contribution in [2.24, 2.45) is 0 Å². The molecule has 0 aliphatic rings. The highest BCUT2D eigenvalue weighted by molar-refractivity contribution is 6.09. The molecular formula is C34H26N4. The van der Waals surface area contributed by atoms with E-state index in [2.05, 4.69) is 118 Å². The topological polar surface area (TPSA) is 61.9 Å². The molecule has 38 heavy (non-hydrogen) atoms. The largest absolute Gasteiger partial charge is 0.399 e. The van der Waals surface area contributed by atoms with Crippen LogP contribution in [0, 0.1) is 0 Å². The smallest absolute Gasteiger partial charge is 0.0541 e. The molecule has 4 N–H and O–H groups in total. The highest BCUT2D eigenvalue weighted by Crippen LogP contribution is 2.35. The lowest BCUT2D eigenvalue weighted by molar-refractivity contribution is 1.09. The lowest BCUT2D eigenvalue weighted by atomic mass is 10.1. The van der Waals surface area contributed by atoms with Crippen LogP contribution in [0.1, 0.15) is 0 Å². The van der Waals surface area contributed by atoms with E-state index in [4.69, 9.17) is 11.5 Å². The van der Waals surface area contributed by atoms with Gasteiger partial charge in [-0.1, -0.05) is 60.7 Å². The molecule has 0 unspecified atom stereocenters. The van der Waals surface area contributed by atoms with Crippen LogP contribution >= 0.6 is 0 Å². The maximum Gasteiger partial charge on any atom is 0.0541 e. The molecule has 4 nitrogen and oxygen atoms in total. The zero-order chi connectivity index (χ0) is 25.6. The molecule has 0 aliphatic heterocycles. The molecular weight excluding hydrogens is 464 g/mol. The molecule has 7 aromatic rings. The molecule has 2 aromatic heterocycles. The van der Waals surface area contributed by atoms with E-state index in [1.807, 2.05) is 24.3 Å². The van der Waals surface area contributed by atoms with Gasteiger partial charge in [0.2, 0.25) is 0 Å². The molecule has 5 aromatic carbocycles. The van der Waals surface area contributed by atoms with E-state index in [-0.39, 0.29) is 0 Å². The molecule has 2 heterocycles. The Bertz CT molecular complexity index is 1790. The van der Waals surface area contributed by atoms with Crippen LogP contribution < -0.4 is 11.5 Å². The van der Waals surface area contributed by atoms with Crippen LogP contribution in [0.3, 0.4) is 0 Å². The van der Waals surface area contributed by atoms with E-state index in [0.717, 1.165) is 45.3 Å². The van der Waals surface area contributed by atoms with Crippen molar-refractivity contribution >= 4 is 33.2 Å². The number of nitrogen functional groups attached to an aromatic ring is 2. The van der Waals surface area contributed by atoms with Gasteiger partial charge in [-0.2, -0.15) is 0 Å². The minimum atomic E-state index is 0.751. The predicted molar refractivity (Wildman–Crippen MR) is 160 cm³/mol. The monoisotopic (exact) mass is 490 g/mol. The first-order valence-corrected chi connectivity index (χ1v) is 12.7. The third-order valence-electron chi connectivity index (χ3n) is 7.24. The molecule has 7 rings (SSSR count). The van der Waals surface area contributed by atoms with Crippen LogP contribution in [0.15, 0.2) is 133 Å². The summed E-state index contributed by atoms with van der Waals surface area (Å²) < 4.78 is 4.64. The van der Waals surface area contributed by atoms with E-state index in [0.29, 0.717) is 0 Å². The minimum Gasteiger partial charge on any atom is -0.399 e. The van der Waals surface area contributed by atoms with Gasteiger partial charge in [-0.15, -0.1) is 0 Å². The van der Waals surface area contributed by atoms with Gasteiger partial charge in [-0.25, -0.2) is 0 Å². The molecule has 182 valence electrons. The molecule has 0 saturated carbocycles. The highest BCUT2D eigenvalue weighted by atomic mass is 15.0. The molecule has 0 bridgehead atoms. The van der Waals surface area contributed by atoms with Gasteiger partial charge in [0.1, 0.15) is 0 Å². The molecule has 0 saturated heterocycles. The number of fused-ring (bicyclic) bond motifs is 3. The second kappa shape index (κ2) is 8.71. The number of nitrogens with two attached hydrogens (primary N) is 2. The maximum atomic E-state index is 5.99. The van der Waals surface area contributed by atoms with Gasteiger partial charge in [-0.05, 0) is 83.9 Å². The van der Waals surface area contributed by atoms with Crippen molar-refractivity contribution in [2.45, 2.75) is 0 Å². The van der Waals surface area contributed by atoms with Gasteiger partial charge in [0.05, 0.1) is 22.4 Å². The first-order chi connectivity index (χ1) is 18.7. The van der Waals surface area contributed by atoms with Crippen LogP contribution in [0.2, 0.25) is 0 Å². The summed E-state index contributed by atoms with van der Waals surface area (Å²) in [6.45, 7) is 0. The third kappa shape index (κ3) is 3.54. The highest BCUT2D eigenvalue weighted by Gasteiger charge is 2.15. The van der Waals surface area contributed by atoms with Gasteiger partial charge in [0.25, 0.3) is 0 Å². The summed E-state index contributed by atoms with van der Waals surface area (Å²) in [5.41, 5.74) is 22.5. The fraction of sp³-hybridized carbons (Fsp3) is 0. The molecule has 0 spiro atoms. The van der Waals surface area contributed by atoms with Crippen LogP contribution in [0.4, 0.5) is 11.4 Å². The van der Waals surface area contributed by atoms with E-state index in [9.17, 15) is 0 Å². The van der Waals surface area contributed by atoms with E-state index in [1.54, 1.807) is 0 Å². The van der Waals surface area contributed by atoms with Crippen molar-refractivity contribution in [1.82, 2.24) is 9.13 Å². The first kappa shape index (κ1) is 22.0. The molecule has 0 radical (unpaired) electrons. The number of benzene rings is 5. The van der Waals surface area contributed by atoms with E-state index >= 15 is 0 Å². The number of nitrogens with zero attached hydrogens (tertiary/aromatic N) is 2. The summed E-state index contributed by atoms with van der Waals surface area (Å²) in [6, 6.07) is 46.4. The standard InChI is InChI=1S/C34H26N4/c35-25-13-9-23(10-14-25)31-21-22-32(24-11-15-26(36)16-12-24)37(31)27-17-19-28(20-18-27)38-33-7-3-1-5-29(33)30-6-2-4-8-34(30)38/h1-22H,35-36H2. The second-order valence-corrected chi connectivity index (χ2v) is 9.57. The molecule has 4 heteroatoms. The first-order valence-electron chi connectivity index (χ1n) is 12.7. The van der Waals surface area contributed by atoms with Crippen molar-refractivity contribution in [1.29, 1.82) is 0 Å². The Hall–Kier alpha value is -5.22. The molecule has 0 amide bonds. The fourth-order valence-electron chi connectivity index (χ4n) is 5.42. The summed E-state index contributed by atoms with van der Waals surface area (Å²) >= 11 is 0. The number of para-hydroxylation sites is 2. The van der Waals surface area contributed by atoms with Crippen molar-refractivity contribution < 1.29 is 0 Å². The Kier molecular flexibility index (Phi) is 5.05. The summed E-state index contributed by atoms with van der Waals surface area (Å²) in [6.07, 6.45) is 0. The Morgan fingerprint density at radius 1 is 0.368 bits per heavy atom. The number of hydrogen-bond acceptors (Lipinski definition) is 2. The predicted octanol–water partition coefficient (Wildman–Crippen LogP) is 8.07. The van der Waals surface area contributed by atoms with Crippen LogP contribution in [0.5, 0.6) is 0 Å². The lowest BCUT2D eigenvalue weighted by Crippen LogP contribution is -2.01. The fourth-order valence-corrected chi connectivity index (χ4v) is 5.42. The van der Waals surface area contributed by atoms with Gasteiger partial charge >= 0.3 is 0 Å². The Morgan fingerprint density at radius 3 is 1.21 bits per heavy atom. The van der Waals surface area contributed by atoms with Crippen LogP contribution in [0.25, 0.3) is 55.7 Å². The average Bonchev–Trinajstić information content (AvgIpc) is 3.54. The summed E-state index contributed by atoms with van der Waals surface area (Å²) in [5, 5.41) is 2.52. The zero-order valence-corrected chi connectivity index (χ0v) is 20.8. The average molecular weight is 491 g/mol.